The zero-order valence-electron chi connectivity index (χ0n) is 14.9. The minimum atomic E-state index is -0.263. The first-order valence-electron chi connectivity index (χ1n) is 8.63. The van der Waals surface area contributed by atoms with E-state index in [1.54, 1.807) is 48.1 Å². The molecule has 2 aromatic carbocycles. The SMILES string of the molecule is CCC(=O)Nc1cccc(NC(=O)C=Cc2cnn(-c3ccccc3)c2)c1. The molecule has 0 aliphatic rings. The van der Waals surface area contributed by atoms with Crippen LogP contribution in [0.15, 0.2) is 73.1 Å². The normalized spacial score (nSPS) is 10.7. The van der Waals surface area contributed by atoms with Crippen LogP contribution in [0.2, 0.25) is 0 Å². The van der Waals surface area contributed by atoms with Gasteiger partial charge >= 0.3 is 0 Å². The molecule has 3 rings (SSSR count). The Kier molecular flexibility index (Phi) is 5.79. The smallest absolute Gasteiger partial charge is 0.248 e. The number of carbonyl (C=O) groups excluding carboxylic acids is 2. The second-order valence-corrected chi connectivity index (χ2v) is 5.86. The van der Waals surface area contributed by atoms with Gasteiger partial charge in [0.15, 0.2) is 0 Å². The topological polar surface area (TPSA) is 76.0 Å². The largest absolute Gasteiger partial charge is 0.326 e. The zero-order valence-corrected chi connectivity index (χ0v) is 14.9. The van der Waals surface area contributed by atoms with Gasteiger partial charge in [-0.3, -0.25) is 9.59 Å². The van der Waals surface area contributed by atoms with Gasteiger partial charge in [0.1, 0.15) is 0 Å². The maximum atomic E-state index is 12.1. The van der Waals surface area contributed by atoms with Crippen LogP contribution in [0.4, 0.5) is 11.4 Å². The van der Waals surface area contributed by atoms with E-state index in [9.17, 15) is 9.59 Å². The number of aromatic nitrogens is 2. The molecule has 1 heterocycles. The van der Waals surface area contributed by atoms with E-state index >= 15 is 0 Å². The first-order chi connectivity index (χ1) is 13.1. The van der Waals surface area contributed by atoms with Crippen LogP contribution in [0.3, 0.4) is 0 Å². The van der Waals surface area contributed by atoms with E-state index in [4.69, 9.17) is 0 Å². The van der Waals surface area contributed by atoms with Crippen LogP contribution in [-0.2, 0) is 9.59 Å². The Morgan fingerprint density at radius 2 is 1.78 bits per heavy atom. The summed E-state index contributed by atoms with van der Waals surface area (Å²) < 4.78 is 1.75. The lowest BCUT2D eigenvalue weighted by atomic mass is 10.2. The summed E-state index contributed by atoms with van der Waals surface area (Å²) in [4.78, 5) is 23.6. The maximum Gasteiger partial charge on any atom is 0.248 e. The number of hydrogen-bond donors (Lipinski definition) is 2. The summed E-state index contributed by atoms with van der Waals surface area (Å²) in [6.07, 6.45) is 7.09. The van der Waals surface area contributed by atoms with Crippen molar-refractivity contribution in [2.45, 2.75) is 13.3 Å². The Hall–Kier alpha value is -3.67. The summed E-state index contributed by atoms with van der Waals surface area (Å²) in [5.74, 6) is -0.338. The standard InChI is InChI=1S/C21H20N4O2/c1-2-20(26)23-17-7-6-8-18(13-17)24-21(27)12-11-16-14-22-25(15-16)19-9-4-3-5-10-19/h3-15H,2H2,1H3,(H,23,26)(H,24,27). The summed E-state index contributed by atoms with van der Waals surface area (Å²) in [5, 5.41) is 9.83. The van der Waals surface area contributed by atoms with Gasteiger partial charge in [-0.1, -0.05) is 31.2 Å². The van der Waals surface area contributed by atoms with E-state index in [0.29, 0.717) is 17.8 Å². The van der Waals surface area contributed by atoms with Crippen molar-refractivity contribution in [2.75, 3.05) is 10.6 Å². The first kappa shape index (κ1) is 18.1. The van der Waals surface area contributed by atoms with Gasteiger partial charge in [-0.15, -0.1) is 0 Å². The third kappa shape index (κ3) is 5.15. The number of benzene rings is 2. The van der Waals surface area contributed by atoms with Crippen molar-refractivity contribution in [3.05, 3.63) is 78.6 Å². The number of carbonyl (C=O) groups is 2. The van der Waals surface area contributed by atoms with Gasteiger partial charge in [0.2, 0.25) is 11.8 Å². The van der Waals surface area contributed by atoms with Gasteiger partial charge in [0, 0.05) is 35.6 Å². The van der Waals surface area contributed by atoms with Gasteiger partial charge in [-0.05, 0) is 36.4 Å². The molecule has 1 aromatic heterocycles. The average molecular weight is 360 g/mol. The van der Waals surface area contributed by atoms with Crippen LogP contribution in [0.5, 0.6) is 0 Å². The summed E-state index contributed by atoms with van der Waals surface area (Å²) in [7, 11) is 0. The average Bonchev–Trinajstić information content (AvgIpc) is 3.16. The fourth-order valence-electron chi connectivity index (χ4n) is 2.42. The lowest BCUT2D eigenvalue weighted by molar-refractivity contribution is -0.116. The van der Waals surface area contributed by atoms with Crippen molar-refractivity contribution >= 4 is 29.3 Å². The molecule has 0 radical (unpaired) electrons. The second-order valence-electron chi connectivity index (χ2n) is 5.86. The highest BCUT2D eigenvalue weighted by atomic mass is 16.2. The monoisotopic (exact) mass is 360 g/mol. The van der Waals surface area contributed by atoms with Crippen LogP contribution in [0.25, 0.3) is 11.8 Å². The molecule has 2 amide bonds. The molecule has 0 atom stereocenters. The van der Waals surface area contributed by atoms with E-state index in [1.165, 1.54) is 6.08 Å². The van der Waals surface area contributed by atoms with Crippen LogP contribution >= 0.6 is 0 Å². The molecule has 6 nitrogen and oxygen atoms in total. The van der Waals surface area contributed by atoms with Crippen LogP contribution < -0.4 is 10.6 Å². The molecule has 0 aliphatic heterocycles. The molecule has 0 bridgehead atoms. The summed E-state index contributed by atoms with van der Waals surface area (Å²) in [5.41, 5.74) is 3.02. The number of hydrogen-bond acceptors (Lipinski definition) is 3. The Balaban J connectivity index is 1.62. The summed E-state index contributed by atoms with van der Waals surface area (Å²) in [6, 6.07) is 16.8. The lowest BCUT2D eigenvalue weighted by Crippen LogP contribution is -2.11. The number of nitrogens with one attached hydrogen (secondary N) is 2. The molecule has 2 N–H and O–H groups in total. The summed E-state index contributed by atoms with van der Waals surface area (Å²) in [6.45, 7) is 1.78. The minimum Gasteiger partial charge on any atom is -0.326 e. The van der Waals surface area contributed by atoms with Crippen molar-refractivity contribution < 1.29 is 9.59 Å². The molecule has 0 unspecified atom stereocenters. The van der Waals surface area contributed by atoms with Gasteiger partial charge in [0.25, 0.3) is 0 Å². The molecular formula is C21H20N4O2. The zero-order chi connectivity index (χ0) is 19.1. The van der Waals surface area contributed by atoms with Gasteiger partial charge in [0.05, 0.1) is 11.9 Å². The number of anilines is 2. The predicted molar refractivity (Wildman–Crippen MR) is 107 cm³/mol. The first-order valence-corrected chi connectivity index (χ1v) is 8.63. The van der Waals surface area contributed by atoms with Gasteiger partial charge < -0.3 is 10.6 Å². The highest BCUT2D eigenvalue weighted by Gasteiger charge is 2.03. The van der Waals surface area contributed by atoms with Crippen molar-refractivity contribution in [3.63, 3.8) is 0 Å². The predicted octanol–water partition coefficient (Wildman–Crippen LogP) is 3.87. The van der Waals surface area contributed by atoms with Crippen molar-refractivity contribution in [1.29, 1.82) is 0 Å². The Morgan fingerprint density at radius 1 is 1.04 bits per heavy atom. The second kappa shape index (κ2) is 8.62. The molecule has 6 heteroatoms. The van der Waals surface area contributed by atoms with Gasteiger partial charge in [-0.2, -0.15) is 5.10 Å². The number of rotatable bonds is 6. The van der Waals surface area contributed by atoms with E-state index in [-0.39, 0.29) is 11.8 Å². The van der Waals surface area contributed by atoms with Crippen LogP contribution in [-0.4, -0.2) is 21.6 Å². The highest BCUT2D eigenvalue weighted by molar-refractivity contribution is 6.02. The number of nitrogens with zero attached hydrogens (tertiary/aromatic N) is 2. The molecule has 136 valence electrons. The van der Waals surface area contributed by atoms with E-state index < -0.39 is 0 Å². The number of para-hydroxylation sites is 1. The third-order valence-electron chi connectivity index (χ3n) is 3.79. The molecule has 0 spiro atoms. The Morgan fingerprint density at radius 3 is 2.52 bits per heavy atom. The van der Waals surface area contributed by atoms with Crippen LogP contribution in [0, 0.1) is 0 Å². The highest BCUT2D eigenvalue weighted by Crippen LogP contribution is 2.15. The van der Waals surface area contributed by atoms with Crippen molar-refractivity contribution in [1.82, 2.24) is 9.78 Å². The third-order valence-corrected chi connectivity index (χ3v) is 3.79. The molecule has 0 fully saturated rings. The van der Waals surface area contributed by atoms with E-state index in [0.717, 1.165) is 11.3 Å². The molecule has 0 saturated heterocycles. The molecule has 3 aromatic rings. The number of amides is 2. The fourth-order valence-corrected chi connectivity index (χ4v) is 2.42. The summed E-state index contributed by atoms with van der Waals surface area (Å²) >= 11 is 0. The minimum absolute atomic E-state index is 0.0752. The molecular weight excluding hydrogens is 340 g/mol. The molecule has 0 saturated carbocycles. The Bertz CT molecular complexity index is 961. The maximum absolute atomic E-state index is 12.1. The lowest BCUT2D eigenvalue weighted by Gasteiger charge is -2.06. The van der Waals surface area contributed by atoms with Gasteiger partial charge in [-0.25, -0.2) is 4.68 Å². The van der Waals surface area contributed by atoms with E-state index in [2.05, 4.69) is 15.7 Å². The van der Waals surface area contributed by atoms with E-state index in [1.807, 2.05) is 36.5 Å². The fraction of sp³-hybridized carbons (Fsp3) is 0.0952. The molecule has 0 aliphatic carbocycles. The van der Waals surface area contributed by atoms with Crippen molar-refractivity contribution in [3.8, 4) is 5.69 Å². The molecule has 27 heavy (non-hydrogen) atoms. The quantitative estimate of drug-likeness (QED) is 0.655. The van der Waals surface area contributed by atoms with Crippen LogP contribution in [0.1, 0.15) is 18.9 Å². The Labute approximate surface area is 157 Å². The van der Waals surface area contributed by atoms with Crippen molar-refractivity contribution in [2.24, 2.45) is 0 Å².